The molecule has 0 bridgehead atoms. The zero-order valence-corrected chi connectivity index (χ0v) is 15.3. The molecule has 1 N–H and O–H groups in total. The van der Waals surface area contributed by atoms with Crippen LogP contribution in [-0.2, 0) is 29.4 Å². The maximum atomic E-state index is 12.5. The van der Waals surface area contributed by atoms with Crippen LogP contribution in [-0.4, -0.2) is 15.0 Å². The van der Waals surface area contributed by atoms with Gasteiger partial charge >= 0.3 is 0 Å². The van der Waals surface area contributed by atoms with Crippen LogP contribution < -0.4 is 9.46 Å². The van der Waals surface area contributed by atoms with Gasteiger partial charge in [0.25, 0.3) is 0 Å². The van der Waals surface area contributed by atoms with Crippen molar-refractivity contribution in [2.75, 3.05) is 6.61 Å². The Hall–Kier alpha value is -1.85. The largest absolute Gasteiger partial charge is 0.494 e. The zero-order valence-electron chi connectivity index (χ0n) is 14.5. The highest BCUT2D eigenvalue weighted by molar-refractivity contribution is 7.89. The predicted molar refractivity (Wildman–Crippen MR) is 96.8 cm³/mol. The number of rotatable bonds is 8. The quantitative estimate of drug-likeness (QED) is 0.792. The smallest absolute Gasteiger partial charge is 0.240 e. The summed E-state index contributed by atoms with van der Waals surface area (Å²) < 4.78 is 33.0. The molecule has 130 valence electrons. The third-order valence-electron chi connectivity index (χ3n) is 3.96. The lowest BCUT2D eigenvalue weighted by Crippen LogP contribution is -2.23. The van der Waals surface area contributed by atoms with Gasteiger partial charge in [-0.1, -0.05) is 32.0 Å². The maximum absolute atomic E-state index is 12.5. The van der Waals surface area contributed by atoms with E-state index in [-0.39, 0.29) is 4.90 Å². The molecule has 5 heteroatoms. The lowest BCUT2D eigenvalue weighted by molar-refractivity contribution is 0.340. The molecule has 2 aromatic carbocycles. The molecule has 0 atom stereocenters. The van der Waals surface area contributed by atoms with E-state index in [2.05, 4.69) is 36.8 Å². The first-order chi connectivity index (χ1) is 11.5. The minimum Gasteiger partial charge on any atom is -0.494 e. The summed E-state index contributed by atoms with van der Waals surface area (Å²) in [4.78, 5) is 0.246. The molecule has 2 aromatic rings. The lowest BCUT2D eigenvalue weighted by atomic mass is 10.0. The van der Waals surface area contributed by atoms with E-state index < -0.39 is 10.0 Å². The van der Waals surface area contributed by atoms with E-state index in [4.69, 9.17) is 4.74 Å². The average Bonchev–Trinajstić information content (AvgIpc) is 2.60. The number of sulfonamides is 1. The molecule has 0 aliphatic carbocycles. The second-order valence-electron chi connectivity index (χ2n) is 5.54. The number of hydrogen-bond acceptors (Lipinski definition) is 3. The molecule has 0 radical (unpaired) electrons. The van der Waals surface area contributed by atoms with Crippen LogP contribution in [0.2, 0.25) is 0 Å². The molecule has 0 saturated heterocycles. The molecular weight excluding hydrogens is 322 g/mol. The Morgan fingerprint density at radius 1 is 0.917 bits per heavy atom. The third-order valence-corrected chi connectivity index (χ3v) is 5.37. The molecule has 0 unspecified atom stereocenters. The van der Waals surface area contributed by atoms with E-state index in [1.54, 1.807) is 24.3 Å². The number of benzene rings is 2. The molecule has 4 nitrogen and oxygen atoms in total. The van der Waals surface area contributed by atoms with Crippen molar-refractivity contribution in [3.05, 3.63) is 59.2 Å². The number of hydrogen-bond donors (Lipinski definition) is 1. The molecule has 24 heavy (non-hydrogen) atoms. The van der Waals surface area contributed by atoms with Gasteiger partial charge in [-0.05, 0) is 60.7 Å². The van der Waals surface area contributed by atoms with Crippen molar-refractivity contribution in [2.45, 2.75) is 45.1 Å². The summed E-state index contributed by atoms with van der Waals surface area (Å²) in [6.07, 6.45) is 1.81. The second kappa shape index (κ2) is 8.31. The fourth-order valence-electron chi connectivity index (χ4n) is 2.55. The van der Waals surface area contributed by atoms with Gasteiger partial charge in [0, 0.05) is 6.54 Å². The first-order valence-electron chi connectivity index (χ1n) is 8.33. The van der Waals surface area contributed by atoms with Crippen molar-refractivity contribution in [1.82, 2.24) is 4.72 Å². The first-order valence-corrected chi connectivity index (χ1v) is 9.81. The normalized spacial score (nSPS) is 11.5. The highest BCUT2D eigenvalue weighted by Crippen LogP contribution is 2.18. The van der Waals surface area contributed by atoms with Crippen molar-refractivity contribution in [3.8, 4) is 5.75 Å². The fourth-order valence-corrected chi connectivity index (χ4v) is 3.55. The Morgan fingerprint density at radius 2 is 1.62 bits per heavy atom. The number of aryl methyl sites for hydroxylation is 2. The lowest BCUT2D eigenvalue weighted by Gasteiger charge is -2.12. The van der Waals surface area contributed by atoms with Gasteiger partial charge < -0.3 is 4.74 Å². The Morgan fingerprint density at radius 3 is 2.21 bits per heavy atom. The van der Waals surface area contributed by atoms with Crippen molar-refractivity contribution in [3.63, 3.8) is 0 Å². The molecule has 0 aliphatic heterocycles. The van der Waals surface area contributed by atoms with Crippen molar-refractivity contribution in [2.24, 2.45) is 0 Å². The zero-order chi connectivity index (χ0) is 17.6. The van der Waals surface area contributed by atoms with Gasteiger partial charge in [-0.15, -0.1) is 0 Å². The minimum atomic E-state index is -3.54. The first kappa shape index (κ1) is 18.5. The summed E-state index contributed by atoms with van der Waals surface area (Å²) in [6.45, 7) is 6.91. The van der Waals surface area contributed by atoms with Gasteiger partial charge in [-0.25, -0.2) is 13.1 Å². The summed E-state index contributed by atoms with van der Waals surface area (Å²) in [7, 11) is -3.54. The summed E-state index contributed by atoms with van der Waals surface area (Å²) in [5.41, 5.74) is 3.41. The van der Waals surface area contributed by atoms with E-state index >= 15 is 0 Å². The van der Waals surface area contributed by atoms with Gasteiger partial charge in [0.1, 0.15) is 5.75 Å². The molecule has 0 heterocycles. The van der Waals surface area contributed by atoms with Gasteiger partial charge in [0.05, 0.1) is 11.5 Å². The predicted octanol–water partition coefficient (Wildman–Crippen LogP) is 3.69. The van der Waals surface area contributed by atoms with Gasteiger partial charge in [0.2, 0.25) is 10.0 Å². The van der Waals surface area contributed by atoms with Crippen LogP contribution in [0.4, 0.5) is 0 Å². The van der Waals surface area contributed by atoms with Gasteiger partial charge in [-0.3, -0.25) is 0 Å². The number of ether oxygens (including phenoxy) is 1. The van der Waals surface area contributed by atoms with Crippen molar-refractivity contribution in [1.29, 1.82) is 0 Å². The van der Waals surface area contributed by atoms with Crippen LogP contribution in [0.3, 0.4) is 0 Å². The van der Waals surface area contributed by atoms with Gasteiger partial charge in [-0.2, -0.15) is 0 Å². The monoisotopic (exact) mass is 347 g/mol. The second-order valence-corrected chi connectivity index (χ2v) is 7.31. The summed E-state index contributed by atoms with van der Waals surface area (Å²) >= 11 is 0. The molecular formula is C19H25NO3S. The Kier molecular flexibility index (Phi) is 6.40. The summed E-state index contributed by atoms with van der Waals surface area (Å²) in [5, 5.41) is 0. The summed E-state index contributed by atoms with van der Waals surface area (Å²) in [6, 6.07) is 12.7. The number of nitrogens with one attached hydrogen (secondary N) is 1. The molecule has 0 fully saturated rings. The van der Waals surface area contributed by atoms with E-state index in [1.807, 2.05) is 6.92 Å². The van der Waals surface area contributed by atoms with Crippen LogP contribution in [0.5, 0.6) is 5.75 Å². The van der Waals surface area contributed by atoms with E-state index in [0.29, 0.717) is 18.9 Å². The van der Waals surface area contributed by atoms with Crippen molar-refractivity contribution < 1.29 is 13.2 Å². The SMILES string of the molecule is CCOc1ccc(S(=O)(=O)NCc2cc(CC)ccc2CC)cc1. The standard InChI is InChI=1S/C19H25NO3S/c1-4-15-7-8-16(5-2)17(13-15)14-20-24(21,22)19-11-9-18(10-12-19)23-6-3/h7-13,20H,4-6,14H2,1-3H3. The topological polar surface area (TPSA) is 55.4 Å². The van der Waals surface area contributed by atoms with E-state index in [9.17, 15) is 8.42 Å². The maximum Gasteiger partial charge on any atom is 0.240 e. The van der Waals surface area contributed by atoms with Crippen LogP contribution in [0.15, 0.2) is 47.4 Å². The summed E-state index contributed by atoms with van der Waals surface area (Å²) in [5.74, 6) is 0.667. The van der Waals surface area contributed by atoms with Crippen LogP contribution in [0.25, 0.3) is 0 Å². The molecule has 0 amide bonds. The van der Waals surface area contributed by atoms with E-state index in [1.165, 1.54) is 11.1 Å². The third kappa shape index (κ3) is 4.58. The van der Waals surface area contributed by atoms with Crippen LogP contribution in [0.1, 0.15) is 37.5 Å². The highest BCUT2D eigenvalue weighted by atomic mass is 32.2. The van der Waals surface area contributed by atoms with Gasteiger partial charge in [0.15, 0.2) is 0 Å². The Labute approximate surface area is 144 Å². The minimum absolute atomic E-state index is 0.246. The molecule has 2 rings (SSSR count). The fraction of sp³-hybridized carbons (Fsp3) is 0.368. The average molecular weight is 347 g/mol. The van der Waals surface area contributed by atoms with Crippen molar-refractivity contribution >= 4 is 10.0 Å². The Bertz CT molecular complexity index is 768. The Balaban J connectivity index is 2.15. The molecule has 0 saturated carbocycles. The van der Waals surface area contributed by atoms with Crippen LogP contribution >= 0.6 is 0 Å². The molecule has 0 aliphatic rings. The highest BCUT2D eigenvalue weighted by Gasteiger charge is 2.14. The van der Waals surface area contributed by atoms with Crippen LogP contribution in [0, 0.1) is 0 Å². The molecule has 0 spiro atoms. The molecule has 0 aromatic heterocycles. The van der Waals surface area contributed by atoms with E-state index in [0.717, 1.165) is 18.4 Å².